The van der Waals surface area contributed by atoms with Crippen molar-refractivity contribution in [3.63, 3.8) is 0 Å². The first-order valence-corrected chi connectivity index (χ1v) is 5.53. The lowest BCUT2D eigenvalue weighted by atomic mass is 9.98. The Morgan fingerprint density at radius 2 is 2.12 bits per heavy atom. The molecule has 1 N–H and O–H groups in total. The molecule has 0 spiro atoms. The van der Waals surface area contributed by atoms with E-state index < -0.39 is 0 Å². The summed E-state index contributed by atoms with van der Waals surface area (Å²) < 4.78 is 0. The van der Waals surface area contributed by atoms with Crippen molar-refractivity contribution >= 4 is 6.08 Å². The standard InChI is InChI=1S/C14H18N2/c1-11(2)14(10-16-3)8-12-6-4-5-7-13(12)9-15/h4-8,11,16H,10H2,1-3H3/b14-8-. The topological polar surface area (TPSA) is 35.8 Å². The Balaban J connectivity index is 3.08. The minimum atomic E-state index is 0.485. The third-order valence-corrected chi connectivity index (χ3v) is 2.54. The zero-order valence-corrected chi connectivity index (χ0v) is 10.1. The van der Waals surface area contributed by atoms with Gasteiger partial charge in [-0.05, 0) is 24.6 Å². The smallest absolute Gasteiger partial charge is 0.0997 e. The predicted molar refractivity (Wildman–Crippen MR) is 67.9 cm³/mol. The van der Waals surface area contributed by atoms with Crippen LogP contribution in [0.5, 0.6) is 0 Å². The van der Waals surface area contributed by atoms with Gasteiger partial charge in [-0.3, -0.25) is 0 Å². The molecular weight excluding hydrogens is 196 g/mol. The van der Waals surface area contributed by atoms with Gasteiger partial charge in [0.1, 0.15) is 0 Å². The number of rotatable bonds is 4. The van der Waals surface area contributed by atoms with Gasteiger partial charge in [-0.15, -0.1) is 0 Å². The molecule has 2 heteroatoms. The maximum absolute atomic E-state index is 9.00. The Labute approximate surface area is 97.6 Å². The highest BCUT2D eigenvalue weighted by molar-refractivity contribution is 5.60. The normalized spacial score (nSPS) is 11.6. The molecule has 0 bridgehead atoms. The maximum Gasteiger partial charge on any atom is 0.0997 e. The molecule has 2 nitrogen and oxygen atoms in total. The summed E-state index contributed by atoms with van der Waals surface area (Å²) in [5.41, 5.74) is 3.05. The molecule has 16 heavy (non-hydrogen) atoms. The minimum Gasteiger partial charge on any atom is -0.316 e. The molecule has 0 aromatic heterocycles. The fourth-order valence-electron chi connectivity index (χ4n) is 1.55. The first-order chi connectivity index (χ1) is 7.69. The van der Waals surface area contributed by atoms with Crippen molar-refractivity contribution in [2.45, 2.75) is 13.8 Å². The summed E-state index contributed by atoms with van der Waals surface area (Å²) in [4.78, 5) is 0. The van der Waals surface area contributed by atoms with E-state index in [1.54, 1.807) is 0 Å². The average Bonchev–Trinajstić information content (AvgIpc) is 2.29. The number of hydrogen-bond donors (Lipinski definition) is 1. The van der Waals surface area contributed by atoms with Gasteiger partial charge in [0.15, 0.2) is 0 Å². The molecule has 0 heterocycles. The van der Waals surface area contributed by atoms with E-state index in [0.717, 1.165) is 17.7 Å². The Hall–Kier alpha value is -1.59. The summed E-state index contributed by atoms with van der Waals surface area (Å²) in [6.07, 6.45) is 2.11. The quantitative estimate of drug-likeness (QED) is 0.836. The zero-order valence-electron chi connectivity index (χ0n) is 10.1. The number of benzene rings is 1. The fourth-order valence-corrected chi connectivity index (χ4v) is 1.55. The van der Waals surface area contributed by atoms with Crippen molar-refractivity contribution < 1.29 is 0 Å². The van der Waals surface area contributed by atoms with Gasteiger partial charge in [0.25, 0.3) is 0 Å². The van der Waals surface area contributed by atoms with Gasteiger partial charge >= 0.3 is 0 Å². The van der Waals surface area contributed by atoms with Gasteiger partial charge < -0.3 is 5.32 Å². The molecule has 0 aliphatic carbocycles. The first-order valence-electron chi connectivity index (χ1n) is 5.53. The number of likely N-dealkylation sites (N-methyl/N-ethyl adjacent to an activating group) is 1. The van der Waals surface area contributed by atoms with E-state index in [4.69, 9.17) is 5.26 Å². The van der Waals surface area contributed by atoms with E-state index in [0.29, 0.717) is 5.92 Å². The molecule has 0 aliphatic rings. The third-order valence-electron chi connectivity index (χ3n) is 2.54. The Morgan fingerprint density at radius 1 is 1.44 bits per heavy atom. The highest BCUT2D eigenvalue weighted by Crippen LogP contribution is 2.16. The van der Waals surface area contributed by atoms with Crippen LogP contribution in [0.1, 0.15) is 25.0 Å². The van der Waals surface area contributed by atoms with Crippen LogP contribution in [0.3, 0.4) is 0 Å². The lowest BCUT2D eigenvalue weighted by Crippen LogP contribution is -2.13. The molecule has 0 atom stereocenters. The average molecular weight is 214 g/mol. The van der Waals surface area contributed by atoms with Crippen LogP contribution < -0.4 is 5.32 Å². The molecule has 1 rings (SSSR count). The Bertz CT molecular complexity index is 411. The summed E-state index contributed by atoms with van der Waals surface area (Å²) in [6, 6.07) is 9.90. The van der Waals surface area contributed by atoms with E-state index in [2.05, 4.69) is 31.3 Å². The van der Waals surface area contributed by atoms with Crippen molar-refractivity contribution in [3.8, 4) is 6.07 Å². The van der Waals surface area contributed by atoms with E-state index in [-0.39, 0.29) is 0 Å². The molecule has 0 saturated carbocycles. The molecule has 0 saturated heterocycles. The summed E-state index contributed by atoms with van der Waals surface area (Å²) in [6.45, 7) is 5.19. The lowest BCUT2D eigenvalue weighted by Gasteiger charge is -2.11. The monoisotopic (exact) mass is 214 g/mol. The van der Waals surface area contributed by atoms with Crippen LogP contribution in [0.4, 0.5) is 0 Å². The van der Waals surface area contributed by atoms with Crippen molar-refractivity contribution in [1.82, 2.24) is 5.32 Å². The SMILES string of the molecule is CNC/C(=C/c1ccccc1C#N)C(C)C. The van der Waals surface area contributed by atoms with Crippen LogP contribution in [-0.2, 0) is 0 Å². The number of hydrogen-bond acceptors (Lipinski definition) is 2. The Kier molecular flexibility index (Phi) is 4.75. The van der Waals surface area contributed by atoms with Gasteiger partial charge in [0.05, 0.1) is 11.6 Å². The summed E-state index contributed by atoms with van der Waals surface area (Å²) in [7, 11) is 1.94. The van der Waals surface area contributed by atoms with Crippen molar-refractivity contribution in [2.75, 3.05) is 13.6 Å². The summed E-state index contributed by atoms with van der Waals surface area (Å²) >= 11 is 0. The molecule has 0 aliphatic heterocycles. The molecule has 0 fully saturated rings. The minimum absolute atomic E-state index is 0.485. The van der Waals surface area contributed by atoms with E-state index in [9.17, 15) is 0 Å². The maximum atomic E-state index is 9.00. The van der Waals surface area contributed by atoms with Crippen molar-refractivity contribution in [2.24, 2.45) is 5.92 Å². The Morgan fingerprint density at radius 3 is 2.69 bits per heavy atom. The molecule has 0 amide bonds. The van der Waals surface area contributed by atoms with Gasteiger partial charge in [-0.2, -0.15) is 5.26 Å². The van der Waals surface area contributed by atoms with Crippen LogP contribution in [0.15, 0.2) is 29.8 Å². The summed E-state index contributed by atoms with van der Waals surface area (Å²) in [5, 5.41) is 12.2. The van der Waals surface area contributed by atoms with Crippen LogP contribution >= 0.6 is 0 Å². The van der Waals surface area contributed by atoms with Gasteiger partial charge in [-0.25, -0.2) is 0 Å². The molecule has 1 aromatic carbocycles. The third kappa shape index (κ3) is 3.22. The first kappa shape index (κ1) is 12.5. The van der Waals surface area contributed by atoms with E-state index in [1.807, 2.05) is 31.3 Å². The van der Waals surface area contributed by atoms with Gasteiger partial charge in [0, 0.05) is 6.54 Å². The van der Waals surface area contributed by atoms with Gasteiger partial charge in [-0.1, -0.05) is 43.7 Å². The molecule has 0 radical (unpaired) electrons. The van der Waals surface area contributed by atoms with Crippen LogP contribution in [0.25, 0.3) is 6.08 Å². The molecule has 1 aromatic rings. The van der Waals surface area contributed by atoms with Crippen LogP contribution in [0.2, 0.25) is 0 Å². The number of nitrogens with one attached hydrogen (secondary N) is 1. The molecule has 0 unspecified atom stereocenters. The second kappa shape index (κ2) is 6.09. The molecule has 84 valence electrons. The highest BCUT2D eigenvalue weighted by atomic mass is 14.8. The number of nitrogens with zero attached hydrogens (tertiary/aromatic N) is 1. The number of nitriles is 1. The second-order valence-corrected chi connectivity index (χ2v) is 4.10. The largest absolute Gasteiger partial charge is 0.316 e. The van der Waals surface area contributed by atoms with Crippen LogP contribution in [-0.4, -0.2) is 13.6 Å². The van der Waals surface area contributed by atoms with Crippen molar-refractivity contribution in [3.05, 3.63) is 41.0 Å². The van der Waals surface area contributed by atoms with Crippen LogP contribution in [0, 0.1) is 17.2 Å². The molecular formula is C14H18N2. The summed E-state index contributed by atoms with van der Waals surface area (Å²) in [5.74, 6) is 0.485. The highest BCUT2D eigenvalue weighted by Gasteiger charge is 2.04. The van der Waals surface area contributed by atoms with E-state index >= 15 is 0 Å². The van der Waals surface area contributed by atoms with E-state index in [1.165, 1.54) is 5.57 Å². The zero-order chi connectivity index (χ0) is 12.0. The lowest BCUT2D eigenvalue weighted by molar-refractivity contribution is 0.713. The van der Waals surface area contributed by atoms with Crippen molar-refractivity contribution in [1.29, 1.82) is 5.26 Å². The van der Waals surface area contributed by atoms with Gasteiger partial charge in [0.2, 0.25) is 0 Å². The fraction of sp³-hybridized carbons (Fsp3) is 0.357. The predicted octanol–water partition coefficient (Wildman–Crippen LogP) is 2.82. The second-order valence-electron chi connectivity index (χ2n) is 4.10.